The second-order valence-corrected chi connectivity index (χ2v) is 8.33. The molecule has 0 bridgehead atoms. The number of nitrogens with one attached hydrogen (secondary N) is 1. The summed E-state index contributed by atoms with van der Waals surface area (Å²) in [7, 11) is 0. The van der Waals surface area contributed by atoms with Gasteiger partial charge in [0.15, 0.2) is 5.11 Å². The fourth-order valence-corrected chi connectivity index (χ4v) is 4.69. The van der Waals surface area contributed by atoms with Crippen molar-refractivity contribution in [1.29, 1.82) is 0 Å². The Kier molecular flexibility index (Phi) is 6.13. The molecule has 0 aromatic carbocycles. The smallest absolute Gasteiger partial charge is 0.170 e. The summed E-state index contributed by atoms with van der Waals surface area (Å²) in [5.41, 5.74) is 6.14. The molecule has 1 aliphatic rings. The molecule has 156 valence electrons. The minimum atomic E-state index is 0.0467. The maximum Gasteiger partial charge on any atom is 0.170 e. The fraction of sp³-hybridized carbons (Fsp3) is 0.375. The van der Waals surface area contributed by atoms with Gasteiger partial charge in [-0.25, -0.2) is 0 Å². The third-order valence-electron chi connectivity index (χ3n) is 5.97. The Labute approximate surface area is 184 Å². The van der Waals surface area contributed by atoms with Gasteiger partial charge in [0.1, 0.15) is 0 Å². The summed E-state index contributed by atoms with van der Waals surface area (Å²) in [5.74, 6) is 0. The number of pyridine rings is 2. The zero-order chi connectivity index (χ0) is 21.1. The molecule has 0 spiro atoms. The van der Waals surface area contributed by atoms with Gasteiger partial charge in [-0.15, -0.1) is 0 Å². The van der Waals surface area contributed by atoms with E-state index in [1.54, 1.807) is 0 Å². The average molecular weight is 420 g/mol. The van der Waals surface area contributed by atoms with Crippen molar-refractivity contribution in [2.45, 2.75) is 52.2 Å². The van der Waals surface area contributed by atoms with Crippen molar-refractivity contribution < 1.29 is 0 Å². The Morgan fingerprint density at radius 1 is 1.10 bits per heavy atom. The van der Waals surface area contributed by atoms with E-state index in [-0.39, 0.29) is 12.1 Å². The molecule has 0 aliphatic carbocycles. The van der Waals surface area contributed by atoms with Gasteiger partial charge in [0, 0.05) is 43.1 Å². The number of nitrogens with zero attached hydrogens (tertiary/aromatic N) is 4. The molecule has 2 atom stereocenters. The van der Waals surface area contributed by atoms with Gasteiger partial charge in [-0.2, -0.15) is 0 Å². The molecule has 0 radical (unpaired) electrons. The lowest BCUT2D eigenvalue weighted by Gasteiger charge is -2.28. The Balaban J connectivity index is 1.74. The normalized spacial score (nSPS) is 18.6. The first-order valence-corrected chi connectivity index (χ1v) is 11.0. The van der Waals surface area contributed by atoms with Crippen LogP contribution in [-0.4, -0.2) is 31.1 Å². The van der Waals surface area contributed by atoms with Crippen molar-refractivity contribution in [2.75, 3.05) is 6.54 Å². The van der Waals surface area contributed by atoms with Crippen molar-refractivity contribution >= 4 is 17.3 Å². The van der Waals surface area contributed by atoms with Gasteiger partial charge in [0.25, 0.3) is 0 Å². The predicted octanol–water partition coefficient (Wildman–Crippen LogP) is 4.72. The standard InChI is InChI=1S/C24H29N5S/c1-4-5-14-28-23(22(27-24(28)30)21-8-6-7-11-26-21)20-15-17(2)29(18(20)3)16-19-9-12-25-13-10-19/h6-13,15,22-23H,4-5,14,16H2,1-3H3,(H,27,30)/t22-,23-/m1/s1. The molecule has 1 aliphatic heterocycles. The number of rotatable bonds is 7. The summed E-state index contributed by atoms with van der Waals surface area (Å²) in [5, 5.41) is 4.38. The first-order chi connectivity index (χ1) is 14.6. The summed E-state index contributed by atoms with van der Waals surface area (Å²) in [6, 6.07) is 12.8. The number of aryl methyl sites for hydroxylation is 1. The van der Waals surface area contributed by atoms with Gasteiger partial charge in [-0.3, -0.25) is 9.97 Å². The molecule has 0 unspecified atom stereocenters. The molecule has 5 nitrogen and oxygen atoms in total. The highest BCUT2D eigenvalue weighted by atomic mass is 32.1. The van der Waals surface area contributed by atoms with Gasteiger partial charge in [-0.05, 0) is 73.9 Å². The highest BCUT2D eigenvalue weighted by Gasteiger charge is 2.40. The van der Waals surface area contributed by atoms with Gasteiger partial charge in [0.05, 0.1) is 17.8 Å². The van der Waals surface area contributed by atoms with E-state index in [1.807, 2.05) is 30.7 Å². The van der Waals surface area contributed by atoms with Crippen LogP contribution in [-0.2, 0) is 6.54 Å². The van der Waals surface area contributed by atoms with E-state index in [2.05, 4.69) is 69.8 Å². The Hall–Kier alpha value is -2.73. The van der Waals surface area contributed by atoms with Gasteiger partial charge >= 0.3 is 0 Å². The zero-order valence-electron chi connectivity index (χ0n) is 17.9. The lowest BCUT2D eigenvalue weighted by atomic mass is 9.96. The molecule has 0 amide bonds. The van der Waals surface area contributed by atoms with Gasteiger partial charge < -0.3 is 14.8 Å². The van der Waals surface area contributed by atoms with Crippen LogP contribution in [0.2, 0.25) is 0 Å². The van der Waals surface area contributed by atoms with Gasteiger partial charge in [-0.1, -0.05) is 19.4 Å². The minimum Gasteiger partial charge on any atom is -0.352 e. The maximum atomic E-state index is 5.77. The molecular formula is C24H29N5S. The van der Waals surface area contributed by atoms with Crippen LogP contribution in [0.1, 0.15) is 60.1 Å². The number of aromatic nitrogens is 3. The Morgan fingerprint density at radius 2 is 1.90 bits per heavy atom. The quantitative estimate of drug-likeness (QED) is 0.562. The van der Waals surface area contributed by atoms with E-state index in [1.165, 1.54) is 22.5 Å². The molecule has 3 aromatic heterocycles. The highest BCUT2D eigenvalue weighted by Crippen LogP contribution is 2.41. The molecule has 6 heteroatoms. The van der Waals surface area contributed by atoms with E-state index < -0.39 is 0 Å². The van der Waals surface area contributed by atoms with Gasteiger partial charge in [0.2, 0.25) is 0 Å². The molecule has 0 saturated carbocycles. The largest absolute Gasteiger partial charge is 0.352 e. The highest BCUT2D eigenvalue weighted by molar-refractivity contribution is 7.80. The summed E-state index contributed by atoms with van der Waals surface area (Å²) in [6.45, 7) is 8.42. The van der Waals surface area contributed by atoms with E-state index in [0.29, 0.717) is 0 Å². The zero-order valence-corrected chi connectivity index (χ0v) is 18.7. The fourth-order valence-electron chi connectivity index (χ4n) is 4.35. The SMILES string of the molecule is CCCCN1C(=S)N[C@H](c2ccccn2)[C@H]1c1cc(C)n(Cc2ccncc2)c1C. The lowest BCUT2D eigenvalue weighted by Crippen LogP contribution is -2.30. The van der Waals surface area contributed by atoms with Crippen LogP contribution in [0, 0.1) is 13.8 Å². The maximum absolute atomic E-state index is 5.77. The van der Waals surface area contributed by atoms with Crippen LogP contribution >= 0.6 is 12.2 Å². The third kappa shape index (κ3) is 3.97. The lowest BCUT2D eigenvalue weighted by molar-refractivity contribution is 0.311. The number of hydrogen-bond acceptors (Lipinski definition) is 3. The molecule has 4 rings (SSSR count). The topological polar surface area (TPSA) is 46.0 Å². The molecule has 3 aromatic rings. The molecule has 1 fully saturated rings. The van der Waals surface area contributed by atoms with Crippen LogP contribution < -0.4 is 5.32 Å². The van der Waals surface area contributed by atoms with Crippen molar-refractivity contribution in [1.82, 2.24) is 24.8 Å². The molecule has 1 N–H and O–H groups in total. The monoisotopic (exact) mass is 419 g/mol. The van der Waals surface area contributed by atoms with E-state index in [4.69, 9.17) is 12.2 Å². The third-order valence-corrected chi connectivity index (χ3v) is 6.32. The molecular weight excluding hydrogens is 390 g/mol. The average Bonchev–Trinajstić information content (AvgIpc) is 3.24. The first-order valence-electron chi connectivity index (χ1n) is 10.6. The number of hydrogen-bond donors (Lipinski definition) is 1. The van der Waals surface area contributed by atoms with Crippen LogP contribution in [0.4, 0.5) is 0 Å². The predicted molar refractivity (Wildman–Crippen MR) is 124 cm³/mol. The number of thiocarbonyl (C=S) groups is 1. The summed E-state index contributed by atoms with van der Waals surface area (Å²) in [4.78, 5) is 11.2. The van der Waals surface area contributed by atoms with Crippen molar-refractivity contribution in [3.05, 3.63) is 83.2 Å². The summed E-state index contributed by atoms with van der Waals surface area (Å²) >= 11 is 5.77. The summed E-state index contributed by atoms with van der Waals surface area (Å²) in [6.07, 6.45) is 7.82. The van der Waals surface area contributed by atoms with Crippen LogP contribution in [0.5, 0.6) is 0 Å². The van der Waals surface area contributed by atoms with Crippen LogP contribution in [0.15, 0.2) is 55.0 Å². The van der Waals surface area contributed by atoms with Crippen molar-refractivity contribution in [2.24, 2.45) is 0 Å². The van der Waals surface area contributed by atoms with Crippen molar-refractivity contribution in [3.63, 3.8) is 0 Å². The number of unbranched alkanes of at least 4 members (excludes halogenated alkanes) is 1. The molecule has 4 heterocycles. The molecule has 1 saturated heterocycles. The van der Waals surface area contributed by atoms with Crippen LogP contribution in [0.3, 0.4) is 0 Å². The first kappa shape index (κ1) is 20.5. The second kappa shape index (κ2) is 8.96. The summed E-state index contributed by atoms with van der Waals surface area (Å²) < 4.78 is 2.39. The van der Waals surface area contributed by atoms with E-state index in [9.17, 15) is 0 Å². The Morgan fingerprint density at radius 3 is 2.60 bits per heavy atom. The van der Waals surface area contributed by atoms with Crippen molar-refractivity contribution in [3.8, 4) is 0 Å². The van der Waals surface area contributed by atoms with Crippen LogP contribution in [0.25, 0.3) is 0 Å². The second-order valence-electron chi connectivity index (χ2n) is 7.94. The Bertz CT molecular complexity index is 999. The van der Waals surface area contributed by atoms with E-state index >= 15 is 0 Å². The minimum absolute atomic E-state index is 0.0467. The van der Waals surface area contributed by atoms with E-state index in [0.717, 1.165) is 36.7 Å². The molecule has 30 heavy (non-hydrogen) atoms.